The highest BCUT2D eigenvalue weighted by Gasteiger charge is 2.28. The smallest absolute Gasteiger partial charge is 0.320 e. The second-order valence-electron chi connectivity index (χ2n) is 5.58. The minimum absolute atomic E-state index is 0.0684. The molecule has 1 saturated heterocycles. The molecule has 2 aliphatic rings. The van der Waals surface area contributed by atoms with E-state index >= 15 is 0 Å². The zero-order valence-electron chi connectivity index (χ0n) is 11.5. The summed E-state index contributed by atoms with van der Waals surface area (Å²) in [6.07, 6.45) is 5.03. The number of carboxylic acid groups (broad SMARTS) is 1. The van der Waals surface area contributed by atoms with E-state index in [9.17, 15) is 9.59 Å². The van der Waals surface area contributed by atoms with Gasteiger partial charge in [-0.2, -0.15) is 0 Å². The van der Waals surface area contributed by atoms with Crippen LogP contribution in [-0.4, -0.2) is 53.1 Å². The lowest BCUT2D eigenvalue weighted by Gasteiger charge is -2.37. The number of carboxylic acids is 1. The molecular weight excluding hydrogens is 244 g/mol. The van der Waals surface area contributed by atoms with E-state index in [4.69, 9.17) is 5.11 Å². The van der Waals surface area contributed by atoms with Crippen LogP contribution in [-0.2, 0) is 4.79 Å². The van der Waals surface area contributed by atoms with Crippen LogP contribution in [0.5, 0.6) is 0 Å². The van der Waals surface area contributed by atoms with Crippen molar-refractivity contribution < 1.29 is 14.7 Å². The third kappa shape index (κ3) is 3.72. The van der Waals surface area contributed by atoms with Gasteiger partial charge in [0.2, 0.25) is 0 Å². The number of hydrogen-bond donors (Lipinski definition) is 1. The number of rotatable bonds is 2. The zero-order chi connectivity index (χ0) is 13.8. The average Bonchev–Trinajstić information content (AvgIpc) is 2.38. The Kier molecular flexibility index (Phi) is 4.45. The number of hydrogen-bond acceptors (Lipinski definition) is 2. The Hall–Kier alpha value is -1.52. The first-order valence-corrected chi connectivity index (χ1v) is 6.97. The summed E-state index contributed by atoms with van der Waals surface area (Å²) in [5.41, 5.74) is 1.34. The van der Waals surface area contributed by atoms with E-state index in [0.29, 0.717) is 13.1 Å². The molecule has 0 aromatic heterocycles. The first-order valence-electron chi connectivity index (χ1n) is 6.97. The van der Waals surface area contributed by atoms with Crippen LogP contribution in [0.2, 0.25) is 0 Å². The van der Waals surface area contributed by atoms with Gasteiger partial charge in [0.1, 0.15) is 0 Å². The highest BCUT2D eigenvalue weighted by Crippen LogP contribution is 2.21. The maximum Gasteiger partial charge on any atom is 0.320 e. The third-order valence-electron chi connectivity index (χ3n) is 3.96. The Morgan fingerprint density at radius 2 is 2.16 bits per heavy atom. The second-order valence-corrected chi connectivity index (χ2v) is 5.58. The molecule has 0 spiro atoms. The monoisotopic (exact) mass is 266 g/mol. The molecule has 0 saturated carbocycles. The topological polar surface area (TPSA) is 60.9 Å². The highest BCUT2D eigenvalue weighted by atomic mass is 16.4. The van der Waals surface area contributed by atoms with E-state index in [1.54, 1.807) is 0 Å². The summed E-state index contributed by atoms with van der Waals surface area (Å²) in [5, 5.41) is 8.85. The van der Waals surface area contributed by atoms with Crippen LogP contribution in [0.3, 0.4) is 0 Å². The summed E-state index contributed by atoms with van der Waals surface area (Å²) < 4.78 is 0. The van der Waals surface area contributed by atoms with Gasteiger partial charge in [0.25, 0.3) is 0 Å². The van der Waals surface area contributed by atoms with E-state index < -0.39 is 5.97 Å². The molecule has 1 N–H and O–H groups in total. The lowest BCUT2D eigenvalue weighted by molar-refractivity contribution is -0.138. The van der Waals surface area contributed by atoms with Gasteiger partial charge in [0.15, 0.2) is 0 Å². The molecule has 0 aliphatic carbocycles. The summed E-state index contributed by atoms with van der Waals surface area (Å²) >= 11 is 0. The molecule has 5 heteroatoms. The average molecular weight is 266 g/mol. The zero-order valence-corrected chi connectivity index (χ0v) is 11.5. The van der Waals surface area contributed by atoms with Gasteiger partial charge in [-0.1, -0.05) is 11.6 Å². The molecule has 106 valence electrons. The van der Waals surface area contributed by atoms with E-state index in [0.717, 1.165) is 32.4 Å². The number of nitrogens with zero attached hydrogens (tertiary/aromatic N) is 2. The second kappa shape index (κ2) is 6.08. The lowest BCUT2D eigenvalue weighted by Crippen LogP contribution is -2.48. The Balaban J connectivity index is 1.90. The van der Waals surface area contributed by atoms with Gasteiger partial charge in [-0.05, 0) is 32.1 Å². The van der Waals surface area contributed by atoms with Crippen molar-refractivity contribution in [3.8, 4) is 0 Å². The molecular formula is C14H22N2O3. The predicted molar refractivity (Wildman–Crippen MR) is 71.9 cm³/mol. The van der Waals surface area contributed by atoms with Crippen LogP contribution < -0.4 is 0 Å². The van der Waals surface area contributed by atoms with E-state index in [1.807, 2.05) is 9.80 Å². The minimum atomic E-state index is -0.768. The molecule has 1 unspecified atom stereocenters. The molecule has 2 amide bonds. The summed E-state index contributed by atoms with van der Waals surface area (Å²) in [4.78, 5) is 26.8. The van der Waals surface area contributed by atoms with Crippen LogP contribution >= 0.6 is 0 Å². The Morgan fingerprint density at radius 1 is 1.37 bits per heavy atom. The fourth-order valence-corrected chi connectivity index (χ4v) is 2.80. The van der Waals surface area contributed by atoms with Gasteiger partial charge in [-0.3, -0.25) is 4.79 Å². The number of urea groups is 1. The first-order chi connectivity index (χ1) is 9.06. The third-order valence-corrected chi connectivity index (χ3v) is 3.96. The van der Waals surface area contributed by atoms with Crippen molar-refractivity contribution in [1.82, 2.24) is 9.80 Å². The van der Waals surface area contributed by atoms with Crippen molar-refractivity contribution in [1.29, 1.82) is 0 Å². The van der Waals surface area contributed by atoms with Crippen molar-refractivity contribution in [3.05, 3.63) is 11.6 Å². The summed E-state index contributed by atoms with van der Waals surface area (Å²) in [5.74, 6) is -0.659. The standard InChI is InChI=1S/C14H22N2O3/c1-11-4-7-15(8-5-11)14(19)16-6-2-3-12(10-16)9-13(17)18/h4,12H,2-3,5-10H2,1H3,(H,17,18). The molecule has 19 heavy (non-hydrogen) atoms. The van der Waals surface area contributed by atoms with E-state index in [1.165, 1.54) is 5.57 Å². The Labute approximate surface area is 113 Å². The summed E-state index contributed by atoms with van der Waals surface area (Å²) in [6, 6.07) is 0.0684. The van der Waals surface area contributed by atoms with E-state index in [2.05, 4.69) is 13.0 Å². The van der Waals surface area contributed by atoms with Gasteiger partial charge in [0.05, 0.1) is 0 Å². The molecule has 2 rings (SSSR count). The van der Waals surface area contributed by atoms with Crippen LogP contribution in [0.15, 0.2) is 11.6 Å². The highest BCUT2D eigenvalue weighted by molar-refractivity contribution is 5.75. The Morgan fingerprint density at radius 3 is 2.79 bits per heavy atom. The molecule has 0 aromatic carbocycles. The number of carbonyl (C=O) groups excluding carboxylic acids is 1. The minimum Gasteiger partial charge on any atom is -0.481 e. The fourth-order valence-electron chi connectivity index (χ4n) is 2.80. The van der Waals surface area contributed by atoms with Gasteiger partial charge in [-0.25, -0.2) is 4.79 Å². The van der Waals surface area contributed by atoms with Crippen molar-refractivity contribution in [2.24, 2.45) is 5.92 Å². The van der Waals surface area contributed by atoms with Gasteiger partial charge < -0.3 is 14.9 Å². The number of likely N-dealkylation sites (tertiary alicyclic amines) is 1. The lowest BCUT2D eigenvalue weighted by atomic mass is 9.95. The van der Waals surface area contributed by atoms with Gasteiger partial charge >= 0.3 is 12.0 Å². The van der Waals surface area contributed by atoms with Crippen LogP contribution in [0.1, 0.15) is 32.6 Å². The first kappa shape index (κ1) is 13.9. The maximum atomic E-state index is 12.4. The molecule has 0 aromatic rings. The maximum absolute atomic E-state index is 12.4. The summed E-state index contributed by atoms with van der Waals surface area (Å²) in [7, 11) is 0. The molecule has 0 radical (unpaired) electrons. The molecule has 1 atom stereocenters. The summed E-state index contributed by atoms with van der Waals surface area (Å²) in [6.45, 7) is 4.90. The van der Waals surface area contributed by atoms with E-state index in [-0.39, 0.29) is 18.4 Å². The molecule has 0 bridgehead atoms. The van der Waals surface area contributed by atoms with Crippen molar-refractivity contribution in [2.45, 2.75) is 32.6 Å². The van der Waals surface area contributed by atoms with Crippen molar-refractivity contribution in [2.75, 3.05) is 26.2 Å². The SMILES string of the molecule is CC1=CCN(C(=O)N2CCCC(CC(=O)O)C2)CC1. The van der Waals surface area contributed by atoms with Crippen molar-refractivity contribution >= 4 is 12.0 Å². The number of carbonyl (C=O) groups is 2. The Bertz CT molecular complexity index is 392. The van der Waals surface area contributed by atoms with Crippen LogP contribution in [0, 0.1) is 5.92 Å². The normalized spacial score (nSPS) is 24.1. The fraction of sp³-hybridized carbons (Fsp3) is 0.714. The number of amides is 2. The van der Waals surface area contributed by atoms with Gasteiger partial charge in [-0.15, -0.1) is 0 Å². The molecule has 1 fully saturated rings. The van der Waals surface area contributed by atoms with Crippen LogP contribution in [0.4, 0.5) is 4.79 Å². The largest absolute Gasteiger partial charge is 0.481 e. The molecule has 2 aliphatic heterocycles. The molecule has 2 heterocycles. The van der Waals surface area contributed by atoms with Crippen molar-refractivity contribution in [3.63, 3.8) is 0 Å². The number of piperidine rings is 1. The van der Waals surface area contributed by atoms with Crippen LogP contribution in [0.25, 0.3) is 0 Å². The number of aliphatic carboxylic acids is 1. The quantitative estimate of drug-likeness (QED) is 0.777. The predicted octanol–water partition coefficient (Wildman–Crippen LogP) is 1.95. The molecule has 5 nitrogen and oxygen atoms in total. The van der Waals surface area contributed by atoms with Gasteiger partial charge in [0, 0.05) is 32.6 Å².